The molecule has 0 saturated carbocycles. The van der Waals surface area contributed by atoms with Crippen molar-refractivity contribution < 1.29 is 14.3 Å². The van der Waals surface area contributed by atoms with Gasteiger partial charge >= 0.3 is 0 Å². The largest absolute Gasteiger partial charge is 0.484 e. The zero-order valence-corrected chi connectivity index (χ0v) is 16.6. The highest BCUT2D eigenvalue weighted by molar-refractivity contribution is 5.84. The lowest BCUT2D eigenvalue weighted by molar-refractivity contribution is -0.139. The molecule has 0 atom stereocenters. The Morgan fingerprint density at radius 1 is 1.13 bits per heavy atom. The normalized spacial score (nSPS) is 16.9. The number of likely N-dealkylation sites (tertiary alicyclic amines) is 2. The average molecular weight is 405 g/mol. The zero-order chi connectivity index (χ0) is 20.5. The quantitative estimate of drug-likeness (QED) is 0.627. The monoisotopic (exact) mass is 405 g/mol. The molecule has 0 aliphatic carbocycles. The lowest BCUT2D eigenvalue weighted by Crippen LogP contribution is -2.52. The van der Waals surface area contributed by atoms with E-state index < -0.39 is 0 Å². The van der Waals surface area contributed by atoms with Crippen LogP contribution in [0, 0.1) is 0 Å². The van der Waals surface area contributed by atoms with Gasteiger partial charge in [0.05, 0.1) is 18.8 Å². The molecular formula is C22H23N5O3. The molecule has 8 heteroatoms. The molecule has 30 heavy (non-hydrogen) atoms. The number of nitrogens with zero attached hydrogens (tertiary/aromatic N) is 5. The summed E-state index contributed by atoms with van der Waals surface area (Å²) in [6.07, 6.45) is 3.41. The second-order valence-electron chi connectivity index (χ2n) is 7.86. The summed E-state index contributed by atoms with van der Waals surface area (Å²) < 4.78 is 7.49. The first-order valence-electron chi connectivity index (χ1n) is 10.2. The Morgan fingerprint density at radius 3 is 2.77 bits per heavy atom. The van der Waals surface area contributed by atoms with E-state index in [1.54, 1.807) is 9.58 Å². The summed E-state index contributed by atoms with van der Waals surface area (Å²) in [6.45, 7) is 2.49. The van der Waals surface area contributed by atoms with E-state index in [4.69, 9.17) is 4.74 Å². The van der Waals surface area contributed by atoms with Gasteiger partial charge in [0.1, 0.15) is 11.4 Å². The predicted octanol–water partition coefficient (Wildman–Crippen LogP) is 2.02. The molecule has 0 unspecified atom stereocenters. The first kappa shape index (κ1) is 18.6. The number of hydrogen-bond donors (Lipinski definition) is 0. The van der Waals surface area contributed by atoms with Crippen LogP contribution >= 0.6 is 0 Å². The number of aromatic nitrogens is 3. The molecule has 2 aliphatic heterocycles. The number of hydrogen-bond acceptors (Lipinski definition) is 5. The zero-order valence-electron chi connectivity index (χ0n) is 16.6. The maximum Gasteiger partial charge on any atom is 0.260 e. The molecule has 2 fully saturated rings. The van der Waals surface area contributed by atoms with Crippen molar-refractivity contribution in [2.45, 2.75) is 25.4 Å². The molecule has 0 bridgehead atoms. The molecule has 154 valence electrons. The van der Waals surface area contributed by atoms with Crippen molar-refractivity contribution in [2.24, 2.45) is 0 Å². The first-order chi connectivity index (χ1) is 14.7. The Balaban J connectivity index is 1.11. The summed E-state index contributed by atoms with van der Waals surface area (Å²) in [5.41, 5.74) is 0.787. The van der Waals surface area contributed by atoms with Gasteiger partial charge in [-0.05, 0) is 29.3 Å². The van der Waals surface area contributed by atoms with Crippen LogP contribution < -0.4 is 4.74 Å². The molecule has 2 amide bonds. The second kappa shape index (κ2) is 7.78. The highest BCUT2D eigenvalue weighted by Gasteiger charge is 2.33. The van der Waals surface area contributed by atoms with Gasteiger partial charge in [0.2, 0.25) is 5.91 Å². The number of carbonyl (C=O) groups excluding carboxylic acids is 2. The van der Waals surface area contributed by atoms with Crippen molar-refractivity contribution in [3.05, 3.63) is 54.4 Å². The first-order valence-corrected chi connectivity index (χ1v) is 10.2. The topological polar surface area (TPSA) is 80.6 Å². The van der Waals surface area contributed by atoms with E-state index in [-0.39, 0.29) is 24.5 Å². The molecule has 2 aliphatic rings. The van der Waals surface area contributed by atoms with Crippen LogP contribution in [0.25, 0.3) is 10.8 Å². The van der Waals surface area contributed by atoms with E-state index in [1.165, 1.54) is 0 Å². The Bertz CT molecular complexity index is 1090. The van der Waals surface area contributed by atoms with E-state index in [0.29, 0.717) is 31.8 Å². The molecule has 8 nitrogen and oxygen atoms in total. The van der Waals surface area contributed by atoms with Crippen molar-refractivity contribution >= 4 is 22.6 Å². The second-order valence-corrected chi connectivity index (χ2v) is 7.86. The number of amides is 2. The van der Waals surface area contributed by atoms with Gasteiger partial charge in [0.25, 0.3) is 5.91 Å². The molecule has 0 radical (unpaired) electrons. The Labute approximate surface area is 174 Å². The van der Waals surface area contributed by atoms with Crippen LogP contribution in [-0.4, -0.2) is 62.8 Å². The molecule has 0 spiro atoms. The fourth-order valence-corrected chi connectivity index (χ4v) is 3.95. The lowest BCUT2D eigenvalue weighted by Gasteiger charge is -2.38. The summed E-state index contributed by atoms with van der Waals surface area (Å²) in [6, 6.07) is 14.0. The van der Waals surface area contributed by atoms with Gasteiger partial charge in [-0.15, -0.1) is 5.10 Å². The highest BCUT2D eigenvalue weighted by atomic mass is 16.5. The molecule has 5 rings (SSSR count). The van der Waals surface area contributed by atoms with Gasteiger partial charge < -0.3 is 14.5 Å². The Hall–Kier alpha value is -3.42. The fraction of sp³-hybridized carbons (Fsp3) is 0.364. The van der Waals surface area contributed by atoms with E-state index in [9.17, 15) is 9.59 Å². The smallest absolute Gasteiger partial charge is 0.260 e. The van der Waals surface area contributed by atoms with Gasteiger partial charge in [0, 0.05) is 26.1 Å². The van der Waals surface area contributed by atoms with Crippen LogP contribution in [0.4, 0.5) is 0 Å². The SMILES string of the molecule is O=C1CCCN1Cc1cn(C2CN(C(=O)COc3ccc4ccccc4c3)C2)nn1. The van der Waals surface area contributed by atoms with Crippen LogP contribution in [0.15, 0.2) is 48.7 Å². The van der Waals surface area contributed by atoms with Crippen molar-refractivity contribution in [1.82, 2.24) is 24.8 Å². The Kier molecular flexibility index (Phi) is 4.82. The van der Waals surface area contributed by atoms with Crippen LogP contribution in [0.1, 0.15) is 24.6 Å². The average Bonchev–Trinajstić information content (AvgIpc) is 3.35. The third-order valence-corrected chi connectivity index (χ3v) is 5.75. The third-order valence-electron chi connectivity index (χ3n) is 5.75. The van der Waals surface area contributed by atoms with Crippen molar-refractivity contribution in [3.63, 3.8) is 0 Å². The van der Waals surface area contributed by atoms with Crippen LogP contribution in [-0.2, 0) is 16.1 Å². The van der Waals surface area contributed by atoms with Gasteiger partial charge in [-0.25, -0.2) is 4.68 Å². The van der Waals surface area contributed by atoms with E-state index in [0.717, 1.165) is 29.4 Å². The fourth-order valence-electron chi connectivity index (χ4n) is 3.95. The predicted molar refractivity (Wildman–Crippen MR) is 110 cm³/mol. The van der Waals surface area contributed by atoms with Crippen molar-refractivity contribution in [3.8, 4) is 5.75 Å². The van der Waals surface area contributed by atoms with E-state index in [2.05, 4.69) is 10.3 Å². The van der Waals surface area contributed by atoms with Crippen LogP contribution in [0.3, 0.4) is 0 Å². The number of carbonyl (C=O) groups is 2. The van der Waals surface area contributed by atoms with Crippen LogP contribution in [0.2, 0.25) is 0 Å². The molecule has 1 aromatic heterocycles. The number of rotatable bonds is 6. The molecule has 3 heterocycles. The Morgan fingerprint density at radius 2 is 1.97 bits per heavy atom. The van der Waals surface area contributed by atoms with Gasteiger partial charge in [-0.2, -0.15) is 0 Å². The number of ether oxygens (including phenoxy) is 1. The minimum absolute atomic E-state index is 0.0186. The summed E-state index contributed by atoms with van der Waals surface area (Å²) in [4.78, 5) is 27.7. The van der Waals surface area contributed by atoms with Gasteiger partial charge in [0.15, 0.2) is 6.61 Å². The number of benzene rings is 2. The minimum Gasteiger partial charge on any atom is -0.484 e. The maximum absolute atomic E-state index is 12.4. The van der Waals surface area contributed by atoms with Crippen molar-refractivity contribution in [2.75, 3.05) is 26.2 Å². The van der Waals surface area contributed by atoms with E-state index in [1.807, 2.05) is 53.6 Å². The summed E-state index contributed by atoms with van der Waals surface area (Å²) in [7, 11) is 0. The standard InChI is InChI=1S/C22H23N5O3/c28-21-6-3-9-25(21)11-18-12-27(24-23-18)19-13-26(14-19)22(29)15-30-20-8-7-16-4-1-2-5-17(16)10-20/h1-2,4-5,7-8,10,12,19H,3,6,9,11,13-15H2. The molecule has 2 aromatic carbocycles. The van der Waals surface area contributed by atoms with E-state index >= 15 is 0 Å². The molecular weight excluding hydrogens is 382 g/mol. The highest BCUT2D eigenvalue weighted by Crippen LogP contribution is 2.23. The van der Waals surface area contributed by atoms with Crippen LogP contribution in [0.5, 0.6) is 5.75 Å². The van der Waals surface area contributed by atoms with Gasteiger partial charge in [-0.3, -0.25) is 9.59 Å². The van der Waals surface area contributed by atoms with Gasteiger partial charge in [-0.1, -0.05) is 35.5 Å². The minimum atomic E-state index is -0.0394. The third kappa shape index (κ3) is 3.72. The molecule has 2 saturated heterocycles. The maximum atomic E-state index is 12.4. The summed E-state index contributed by atoms with van der Waals surface area (Å²) in [5.74, 6) is 0.829. The lowest BCUT2D eigenvalue weighted by atomic mass is 10.1. The summed E-state index contributed by atoms with van der Waals surface area (Å²) >= 11 is 0. The number of fused-ring (bicyclic) bond motifs is 1. The molecule has 0 N–H and O–H groups in total. The summed E-state index contributed by atoms with van der Waals surface area (Å²) in [5, 5.41) is 10.6. The molecule has 3 aromatic rings. The van der Waals surface area contributed by atoms with Crippen molar-refractivity contribution in [1.29, 1.82) is 0 Å².